The van der Waals surface area contributed by atoms with Crippen molar-refractivity contribution in [2.75, 3.05) is 25.1 Å². The summed E-state index contributed by atoms with van der Waals surface area (Å²) >= 11 is 0. The average Bonchev–Trinajstić information content (AvgIpc) is 2.47. The number of likely N-dealkylation sites (tertiary alicyclic amines) is 1. The molecule has 6 heteroatoms. The van der Waals surface area contributed by atoms with Gasteiger partial charge in [0.15, 0.2) is 0 Å². The van der Waals surface area contributed by atoms with Crippen LogP contribution in [0.2, 0.25) is 0 Å². The fourth-order valence-electron chi connectivity index (χ4n) is 1.15. The molecule has 1 aromatic rings. The highest BCUT2D eigenvalue weighted by atomic mass is 16.3. The molecule has 1 fully saturated rings. The molecule has 2 heterocycles. The van der Waals surface area contributed by atoms with Crippen molar-refractivity contribution in [3.05, 3.63) is 6.33 Å². The first-order chi connectivity index (χ1) is 5.84. The van der Waals surface area contributed by atoms with Gasteiger partial charge < -0.3 is 10.4 Å². The molecular formula is C6H11N5O. The van der Waals surface area contributed by atoms with Gasteiger partial charge in [-0.2, -0.15) is 5.10 Å². The highest BCUT2D eigenvalue weighted by Gasteiger charge is 2.23. The molecule has 1 aromatic heterocycles. The third kappa shape index (κ3) is 1.54. The number of aliphatic hydroxyl groups excluding tert-OH is 1. The molecule has 0 atom stereocenters. The maximum absolute atomic E-state index is 8.97. The van der Waals surface area contributed by atoms with Crippen molar-refractivity contribution in [2.45, 2.75) is 6.10 Å². The summed E-state index contributed by atoms with van der Waals surface area (Å²) in [4.78, 5) is 5.98. The van der Waals surface area contributed by atoms with E-state index < -0.39 is 0 Å². The van der Waals surface area contributed by atoms with Gasteiger partial charge in [-0.3, -0.25) is 4.90 Å². The van der Waals surface area contributed by atoms with Crippen molar-refractivity contribution in [3.63, 3.8) is 0 Å². The van der Waals surface area contributed by atoms with E-state index in [1.807, 2.05) is 0 Å². The summed E-state index contributed by atoms with van der Waals surface area (Å²) in [6.07, 6.45) is 1.30. The first kappa shape index (κ1) is 7.51. The van der Waals surface area contributed by atoms with E-state index in [4.69, 9.17) is 5.11 Å². The minimum atomic E-state index is -0.151. The lowest BCUT2D eigenvalue weighted by atomic mass is 10.2. The molecule has 1 aliphatic heterocycles. The molecule has 6 nitrogen and oxygen atoms in total. The monoisotopic (exact) mass is 169 g/mol. The lowest BCUT2D eigenvalue weighted by molar-refractivity contribution is 0.00701. The van der Waals surface area contributed by atoms with Crippen LogP contribution in [0.25, 0.3) is 0 Å². The maximum Gasteiger partial charge on any atom is 0.219 e. The fourth-order valence-corrected chi connectivity index (χ4v) is 1.15. The van der Waals surface area contributed by atoms with Crippen molar-refractivity contribution >= 4 is 5.95 Å². The van der Waals surface area contributed by atoms with Crippen molar-refractivity contribution in [3.8, 4) is 0 Å². The van der Waals surface area contributed by atoms with Gasteiger partial charge in [0.25, 0.3) is 0 Å². The van der Waals surface area contributed by atoms with Gasteiger partial charge in [-0.05, 0) is 0 Å². The van der Waals surface area contributed by atoms with E-state index in [0.717, 1.165) is 13.1 Å². The second kappa shape index (κ2) is 3.08. The highest BCUT2D eigenvalue weighted by Crippen LogP contribution is 2.06. The van der Waals surface area contributed by atoms with Crippen LogP contribution in [0.5, 0.6) is 0 Å². The topological polar surface area (TPSA) is 77.1 Å². The summed E-state index contributed by atoms with van der Waals surface area (Å²) in [5, 5.41) is 18.4. The number of hydrogen-bond acceptors (Lipinski definition) is 5. The number of H-pyrrole nitrogens is 1. The van der Waals surface area contributed by atoms with Crippen LogP contribution in [0.3, 0.4) is 0 Å². The van der Waals surface area contributed by atoms with Crippen LogP contribution in [-0.4, -0.2) is 51.0 Å². The van der Waals surface area contributed by atoms with Crippen LogP contribution in [-0.2, 0) is 0 Å². The van der Waals surface area contributed by atoms with E-state index in [0.29, 0.717) is 12.6 Å². The predicted molar refractivity (Wildman–Crippen MR) is 42.5 cm³/mol. The minimum Gasteiger partial charge on any atom is -0.390 e. The molecule has 0 aliphatic carbocycles. The SMILES string of the molecule is OC1CN(CNc2ncn[nH]2)C1. The maximum atomic E-state index is 8.97. The predicted octanol–water partition coefficient (Wildman–Crippen LogP) is -1.15. The van der Waals surface area contributed by atoms with Crippen molar-refractivity contribution < 1.29 is 5.11 Å². The second-order valence-electron chi connectivity index (χ2n) is 2.86. The van der Waals surface area contributed by atoms with Crippen molar-refractivity contribution in [2.24, 2.45) is 0 Å². The molecule has 3 N–H and O–H groups in total. The minimum absolute atomic E-state index is 0.151. The Hall–Kier alpha value is -1.14. The van der Waals surface area contributed by atoms with Gasteiger partial charge in [0, 0.05) is 13.1 Å². The Labute approximate surface area is 69.6 Å². The van der Waals surface area contributed by atoms with E-state index >= 15 is 0 Å². The number of β-amino-alcohol motifs (C(OH)–C–C–N with tert-alkyl or cyclic N) is 1. The number of aromatic amines is 1. The van der Waals surface area contributed by atoms with Crippen molar-refractivity contribution in [1.82, 2.24) is 20.1 Å². The first-order valence-corrected chi connectivity index (χ1v) is 3.84. The zero-order valence-electron chi connectivity index (χ0n) is 6.56. The Balaban J connectivity index is 1.70. The molecule has 0 radical (unpaired) electrons. The standard InChI is InChI=1S/C6H11N5O/c12-5-1-11(2-5)4-8-6-7-3-9-10-6/h3,5,12H,1-2,4H2,(H2,7,8,9,10). The number of aromatic nitrogens is 3. The lowest BCUT2D eigenvalue weighted by Gasteiger charge is -2.35. The van der Waals surface area contributed by atoms with Crippen LogP contribution >= 0.6 is 0 Å². The van der Waals surface area contributed by atoms with E-state index in [-0.39, 0.29) is 6.10 Å². The van der Waals surface area contributed by atoms with Gasteiger partial charge >= 0.3 is 0 Å². The lowest BCUT2D eigenvalue weighted by Crippen LogP contribution is -2.52. The average molecular weight is 169 g/mol. The molecule has 66 valence electrons. The van der Waals surface area contributed by atoms with E-state index in [2.05, 4.69) is 25.4 Å². The van der Waals surface area contributed by atoms with Crippen LogP contribution in [0.1, 0.15) is 0 Å². The van der Waals surface area contributed by atoms with Crippen LogP contribution in [0.4, 0.5) is 5.95 Å². The molecule has 0 saturated carbocycles. The molecule has 12 heavy (non-hydrogen) atoms. The summed E-state index contributed by atoms with van der Waals surface area (Å²) in [7, 11) is 0. The summed E-state index contributed by atoms with van der Waals surface area (Å²) < 4.78 is 0. The molecule has 0 bridgehead atoms. The Bertz CT molecular complexity index is 230. The number of rotatable bonds is 3. The number of anilines is 1. The zero-order valence-corrected chi connectivity index (χ0v) is 6.56. The first-order valence-electron chi connectivity index (χ1n) is 3.84. The summed E-state index contributed by atoms with van der Waals surface area (Å²) in [6.45, 7) is 2.18. The van der Waals surface area contributed by atoms with E-state index in [1.165, 1.54) is 6.33 Å². The van der Waals surface area contributed by atoms with Crippen molar-refractivity contribution in [1.29, 1.82) is 0 Å². The Morgan fingerprint density at radius 1 is 1.75 bits per heavy atom. The van der Waals surface area contributed by atoms with Gasteiger partial charge in [-0.25, -0.2) is 10.1 Å². The van der Waals surface area contributed by atoms with Crippen LogP contribution < -0.4 is 5.32 Å². The largest absolute Gasteiger partial charge is 0.390 e. The van der Waals surface area contributed by atoms with Gasteiger partial charge in [-0.1, -0.05) is 0 Å². The fraction of sp³-hybridized carbons (Fsp3) is 0.667. The quantitative estimate of drug-likeness (QED) is 0.532. The molecule has 1 aliphatic rings. The molecule has 0 spiro atoms. The third-order valence-corrected chi connectivity index (χ3v) is 1.82. The second-order valence-corrected chi connectivity index (χ2v) is 2.86. The number of aliphatic hydroxyl groups is 1. The summed E-state index contributed by atoms with van der Waals surface area (Å²) in [5.74, 6) is 0.663. The third-order valence-electron chi connectivity index (χ3n) is 1.82. The summed E-state index contributed by atoms with van der Waals surface area (Å²) in [5.41, 5.74) is 0. The van der Waals surface area contributed by atoms with Gasteiger partial charge in [-0.15, -0.1) is 0 Å². The molecule has 0 aromatic carbocycles. The molecule has 1 saturated heterocycles. The Kier molecular flexibility index (Phi) is 1.92. The summed E-state index contributed by atoms with van der Waals surface area (Å²) in [6, 6.07) is 0. The smallest absolute Gasteiger partial charge is 0.219 e. The van der Waals surface area contributed by atoms with Gasteiger partial charge in [0.05, 0.1) is 12.8 Å². The van der Waals surface area contributed by atoms with E-state index in [1.54, 1.807) is 0 Å². The highest BCUT2D eigenvalue weighted by molar-refractivity contribution is 5.19. The zero-order chi connectivity index (χ0) is 8.39. The number of nitrogens with zero attached hydrogens (tertiary/aromatic N) is 3. The van der Waals surface area contributed by atoms with Crippen LogP contribution in [0, 0.1) is 0 Å². The molecule has 2 rings (SSSR count). The van der Waals surface area contributed by atoms with Crippen LogP contribution in [0.15, 0.2) is 6.33 Å². The normalized spacial score (nSPS) is 19.1. The molecule has 0 amide bonds. The molecular weight excluding hydrogens is 158 g/mol. The Morgan fingerprint density at radius 2 is 2.58 bits per heavy atom. The number of hydrogen-bond donors (Lipinski definition) is 3. The van der Waals surface area contributed by atoms with Gasteiger partial charge in [0.2, 0.25) is 5.95 Å². The van der Waals surface area contributed by atoms with E-state index in [9.17, 15) is 0 Å². The molecule has 0 unspecified atom stereocenters. The number of nitrogens with one attached hydrogen (secondary N) is 2. The Morgan fingerprint density at radius 3 is 3.17 bits per heavy atom. The van der Waals surface area contributed by atoms with Gasteiger partial charge in [0.1, 0.15) is 6.33 Å².